The smallest absolute Gasteiger partial charge is 0.193 e. The zero-order chi connectivity index (χ0) is 13.8. The number of ether oxygens (including phenoxy) is 1. The van der Waals surface area contributed by atoms with Gasteiger partial charge >= 0.3 is 0 Å². The molecule has 4 heteroatoms. The highest BCUT2D eigenvalue weighted by molar-refractivity contribution is 5.73. The number of methoxy groups -OCH3 is 1. The number of carbonyl (C=O) groups is 1. The molecule has 0 N–H and O–H groups in total. The van der Waals surface area contributed by atoms with Gasteiger partial charge in [-0.3, -0.25) is 4.79 Å². The number of nitrogens with zero attached hydrogens (tertiary/aromatic N) is 2. The van der Waals surface area contributed by atoms with E-state index in [4.69, 9.17) is 4.74 Å². The molecule has 0 unspecified atom stereocenters. The van der Waals surface area contributed by atoms with Gasteiger partial charge in [-0.1, -0.05) is 13.0 Å². The number of aldehydes is 1. The predicted molar refractivity (Wildman–Crippen MR) is 73.5 cm³/mol. The van der Waals surface area contributed by atoms with E-state index < -0.39 is 0 Å². The molecule has 0 aliphatic heterocycles. The van der Waals surface area contributed by atoms with Crippen molar-refractivity contribution in [3.8, 4) is 17.0 Å². The lowest BCUT2D eigenvalue weighted by molar-refractivity contribution is 0.111. The maximum Gasteiger partial charge on any atom is 0.193 e. The molecule has 0 saturated carbocycles. The molecule has 98 valence electrons. The Morgan fingerprint density at radius 1 is 1.26 bits per heavy atom. The minimum atomic E-state index is 0.193. The van der Waals surface area contributed by atoms with E-state index in [9.17, 15) is 4.79 Å². The fraction of sp³-hybridized carbons (Fsp3) is 0.267. The maximum atomic E-state index is 10.9. The molecule has 0 aliphatic rings. The maximum absolute atomic E-state index is 10.9. The first-order chi connectivity index (χ1) is 9.17. The van der Waals surface area contributed by atoms with Gasteiger partial charge < -0.3 is 4.74 Å². The minimum absolute atomic E-state index is 0.193. The summed E-state index contributed by atoms with van der Waals surface area (Å²) < 4.78 is 5.36. The van der Waals surface area contributed by atoms with Crippen molar-refractivity contribution in [3.63, 3.8) is 0 Å². The van der Waals surface area contributed by atoms with Crippen molar-refractivity contribution in [2.75, 3.05) is 7.11 Å². The second-order valence-electron chi connectivity index (χ2n) is 4.26. The highest BCUT2D eigenvalue weighted by Crippen LogP contribution is 2.30. The number of aryl methyl sites for hydroxylation is 2. The summed E-state index contributed by atoms with van der Waals surface area (Å²) in [6.07, 6.45) is 1.59. The van der Waals surface area contributed by atoms with Crippen molar-refractivity contribution < 1.29 is 9.53 Å². The van der Waals surface area contributed by atoms with Gasteiger partial charge in [-0.25, -0.2) is 9.97 Å². The lowest BCUT2D eigenvalue weighted by Gasteiger charge is -2.10. The van der Waals surface area contributed by atoms with Crippen LogP contribution in [0.5, 0.6) is 5.75 Å². The first-order valence-electron chi connectivity index (χ1n) is 6.16. The summed E-state index contributed by atoms with van der Waals surface area (Å²) in [5.74, 6) is 0.936. The molecule has 0 spiro atoms. The van der Waals surface area contributed by atoms with Crippen LogP contribution in [-0.4, -0.2) is 23.4 Å². The average molecular weight is 256 g/mol. The van der Waals surface area contributed by atoms with Crippen LogP contribution in [0.2, 0.25) is 0 Å². The normalized spacial score (nSPS) is 10.3. The lowest BCUT2D eigenvalue weighted by Crippen LogP contribution is -1.99. The summed E-state index contributed by atoms with van der Waals surface area (Å²) in [7, 11) is 1.62. The molecule has 19 heavy (non-hydrogen) atoms. The first kappa shape index (κ1) is 13.2. The summed E-state index contributed by atoms with van der Waals surface area (Å²) in [6.45, 7) is 3.93. The van der Waals surface area contributed by atoms with E-state index in [-0.39, 0.29) is 5.82 Å². The Bertz CT molecular complexity index is 609. The monoisotopic (exact) mass is 256 g/mol. The van der Waals surface area contributed by atoms with E-state index >= 15 is 0 Å². The Hall–Kier alpha value is -2.23. The second-order valence-corrected chi connectivity index (χ2v) is 4.26. The highest BCUT2D eigenvalue weighted by atomic mass is 16.5. The van der Waals surface area contributed by atoms with E-state index in [1.54, 1.807) is 7.11 Å². The van der Waals surface area contributed by atoms with E-state index in [1.165, 1.54) is 5.56 Å². The zero-order valence-corrected chi connectivity index (χ0v) is 11.3. The van der Waals surface area contributed by atoms with Crippen molar-refractivity contribution >= 4 is 6.29 Å². The molecule has 2 aromatic rings. The van der Waals surface area contributed by atoms with Gasteiger partial charge in [0.05, 0.1) is 12.8 Å². The van der Waals surface area contributed by atoms with Gasteiger partial charge in [-0.2, -0.15) is 0 Å². The van der Waals surface area contributed by atoms with Gasteiger partial charge in [-0.05, 0) is 37.1 Å². The van der Waals surface area contributed by atoms with E-state index in [0.29, 0.717) is 12.0 Å². The van der Waals surface area contributed by atoms with Crippen molar-refractivity contribution in [3.05, 3.63) is 41.3 Å². The zero-order valence-electron chi connectivity index (χ0n) is 11.3. The van der Waals surface area contributed by atoms with Gasteiger partial charge in [0.2, 0.25) is 0 Å². The highest BCUT2D eigenvalue weighted by Gasteiger charge is 2.10. The average Bonchev–Trinajstić information content (AvgIpc) is 2.45. The summed E-state index contributed by atoms with van der Waals surface area (Å²) >= 11 is 0. The standard InChI is InChI=1S/C15H16N2O2/c1-4-11-5-6-14(19-3)12(8-11)13-7-10(2)16-15(9-18)17-13/h5-9H,4H2,1-3H3. The topological polar surface area (TPSA) is 52.1 Å². The number of carbonyl (C=O) groups excluding carboxylic acids is 1. The molecule has 0 radical (unpaired) electrons. The minimum Gasteiger partial charge on any atom is -0.496 e. The summed E-state index contributed by atoms with van der Waals surface area (Å²) in [4.78, 5) is 19.2. The molecule has 1 aromatic carbocycles. The molecule has 0 fully saturated rings. The van der Waals surface area contributed by atoms with Crippen LogP contribution < -0.4 is 4.74 Å². The van der Waals surface area contributed by atoms with Crippen LogP contribution in [0, 0.1) is 6.92 Å². The van der Waals surface area contributed by atoms with E-state index in [1.807, 2.05) is 31.2 Å². The van der Waals surface area contributed by atoms with Gasteiger partial charge in [-0.15, -0.1) is 0 Å². The van der Waals surface area contributed by atoms with Gasteiger partial charge in [0.1, 0.15) is 5.75 Å². The molecular formula is C15H16N2O2. The Morgan fingerprint density at radius 3 is 2.68 bits per heavy atom. The summed E-state index contributed by atoms with van der Waals surface area (Å²) in [5.41, 5.74) is 3.55. The Balaban J connectivity index is 2.62. The van der Waals surface area contributed by atoms with Crippen LogP contribution in [-0.2, 0) is 6.42 Å². The third-order valence-electron chi connectivity index (χ3n) is 2.93. The van der Waals surface area contributed by atoms with Crippen molar-refractivity contribution in [2.24, 2.45) is 0 Å². The number of benzene rings is 1. The van der Waals surface area contributed by atoms with Crippen molar-refractivity contribution in [1.82, 2.24) is 9.97 Å². The molecule has 4 nitrogen and oxygen atoms in total. The first-order valence-corrected chi connectivity index (χ1v) is 6.16. The quantitative estimate of drug-likeness (QED) is 0.789. The fourth-order valence-electron chi connectivity index (χ4n) is 1.96. The predicted octanol–water partition coefficient (Wildman–Crippen LogP) is 2.84. The fourth-order valence-corrected chi connectivity index (χ4v) is 1.96. The van der Waals surface area contributed by atoms with E-state index in [0.717, 1.165) is 23.4 Å². The number of aromatic nitrogens is 2. The van der Waals surface area contributed by atoms with Crippen LogP contribution in [0.4, 0.5) is 0 Å². The van der Waals surface area contributed by atoms with Gasteiger partial charge in [0.15, 0.2) is 12.1 Å². The molecule has 0 atom stereocenters. The number of rotatable bonds is 4. The third-order valence-corrected chi connectivity index (χ3v) is 2.93. The molecule has 0 saturated heterocycles. The van der Waals surface area contributed by atoms with Gasteiger partial charge in [0, 0.05) is 11.3 Å². The van der Waals surface area contributed by atoms with Crippen LogP contribution in [0.1, 0.15) is 28.8 Å². The number of hydrogen-bond donors (Lipinski definition) is 0. The molecule has 0 bridgehead atoms. The Labute approximate surface area is 112 Å². The van der Waals surface area contributed by atoms with Crippen molar-refractivity contribution in [2.45, 2.75) is 20.3 Å². The summed E-state index contributed by atoms with van der Waals surface area (Å²) in [6, 6.07) is 7.84. The SMILES string of the molecule is CCc1ccc(OC)c(-c2cc(C)nc(C=O)n2)c1. The Morgan fingerprint density at radius 2 is 2.05 bits per heavy atom. The van der Waals surface area contributed by atoms with Crippen LogP contribution in [0.3, 0.4) is 0 Å². The largest absolute Gasteiger partial charge is 0.496 e. The van der Waals surface area contributed by atoms with Crippen molar-refractivity contribution in [1.29, 1.82) is 0 Å². The lowest BCUT2D eigenvalue weighted by atomic mass is 10.0. The molecular weight excluding hydrogens is 240 g/mol. The number of hydrogen-bond acceptors (Lipinski definition) is 4. The second kappa shape index (κ2) is 5.61. The van der Waals surface area contributed by atoms with Crippen LogP contribution in [0.25, 0.3) is 11.3 Å². The molecule has 2 rings (SSSR count). The molecule has 1 heterocycles. The van der Waals surface area contributed by atoms with Crippen LogP contribution >= 0.6 is 0 Å². The third kappa shape index (κ3) is 2.78. The molecule has 0 aliphatic carbocycles. The van der Waals surface area contributed by atoms with Gasteiger partial charge in [0.25, 0.3) is 0 Å². The summed E-state index contributed by atoms with van der Waals surface area (Å²) in [5, 5.41) is 0. The van der Waals surface area contributed by atoms with E-state index in [2.05, 4.69) is 16.9 Å². The van der Waals surface area contributed by atoms with Crippen LogP contribution in [0.15, 0.2) is 24.3 Å². The molecule has 0 amide bonds. The Kier molecular flexibility index (Phi) is 3.90. The molecule has 1 aromatic heterocycles.